The molecule has 3 rings (SSSR count). The lowest BCUT2D eigenvalue weighted by atomic mass is 9.97. The Kier molecular flexibility index (Phi) is 4.70. The van der Waals surface area contributed by atoms with E-state index in [0.29, 0.717) is 13.2 Å². The first-order chi connectivity index (χ1) is 11.9. The number of carbonyl (C=O) groups excluding carboxylic acids is 1. The first-order valence-corrected chi connectivity index (χ1v) is 8.58. The van der Waals surface area contributed by atoms with Crippen LogP contribution in [0, 0.1) is 13.8 Å². The molecule has 2 heterocycles. The third-order valence-corrected chi connectivity index (χ3v) is 4.82. The molecule has 0 radical (unpaired) electrons. The number of rotatable bonds is 4. The van der Waals surface area contributed by atoms with Crippen molar-refractivity contribution < 1.29 is 14.3 Å². The minimum absolute atomic E-state index is 0.0124. The Morgan fingerprint density at radius 2 is 1.88 bits per heavy atom. The minimum Gasteiger partial charge on any atom is -0.486 e. The highest BCUT2D eigenvalue weighted by Gasteiger charge is 2.24. The van der Waals surface area contributed by atoms with Crippen molar-refractivity contribution in [1.29, 1.82) is 0 Å². The molecule has 2 unspecified atom stereocenters. The van der Waals surface area contributed by atoms with Crippen LogP contribution in [0.5, 0.6) is 11.5 Å². The van der Waals surface area contributed by atoms with Gasteiger partial charge in [0.05, 0.1) is 17.7 Å². The second kappa shape index (κ2) is 6.78. The fraction of sp³-hybridized carbons (Fsp3) is 0.474. The Morgan fingerprint density at radius 1 is 1.20 bits per heavy atom. The zero-order chi connectivity index (χ0) is 18.1. The van der Waals surface area contributed by atoms with Crippen molar-refractivity contribution in [3.05, 3.63) is 40.7 Å². The summed E-state index contributed by atoms with van der Waals surface area (Å²) in [6.45, 7) is 8.94. The molecule has 2 aromatic rings. The monoisotopic (exact) mass is 343 g/mol. The average Bonchev–Trinajstić information content (AvgIpc) is 2.85. The predicted octanol–water partition coefficient (Wildman–Crippen LogP) is 2.79. The fourth-order valence-corrected chi connectivity index (χ4v) is 3.30. The largest absolute Gasteiger partial charge is 0.486 e. The van der Waals surface area contributed by atoms with Crippen molar-refractivity contribution in [2.24, 2.45) is 7.05 Å². The molecule has 25 heavy (non-hydrogen) atoms. The van der Waals surface area contributed by atoms with Gasteiger partial charge in [0.15, 0.2) is 11.5 Å². The Bertz CT molecular complexity index is 797. The average molecular weight is 343 g/mol. The van der Waals surface area contributed by atoms with E-state index in [0.717, 1.165) is 34.0 Å². The molecule has 1 aromatic heterocycles. The molecule has 6 nitrogen and oxygen atoms in total. The van der Waals surface area contributed by atoms with Crippen molar-refractivity contribution in [1.82, 2.24) is 15.1 Å². The van der Waals surface area contributed by atoms with Gasteiger partial charge in [0.2, 0.25) is 5.91 Å². The molecule has 1 N–H and O–H groups in total. The van der Waals surface area contributed by atoms with E-state index in [2.05, 4.69) is 10.4 Å². The van der Waals surface area contributed by atoms with E-state index in [1.807, 2.05) is 57.6 Å². The number of amides is 1. The summed E-state index contributed by atoms with van der Waals surface area (Å²) in [7, 11) is 1.90. The van der Waals surface area contributed by atoms with Gasteiger partial charge in [-0.05, 0) is 45.4 Å². The summed E-state index contributed by atoms with van der Waals surface area (Å²) in [6.07, 6.45) is 0. The summed E-state index contributed by atoms with van der Waals surface area (Å²) < 4.78 is 13.0. The summed E-state index contributed by atoms with van der Waals surface area (Å²) in [5.41, 5.74) is 3.90. The molecule has 1 aromatic carbocycles. The second-order valence-corrected chi connectivity index (χ2v) is 6.56. The lowest BCUT2D eigenvalue weighted by Crippen LogP contribution is -2.31. The second-order valence-electron chi connectivity index (χ2n) is 6.56. The summed E-state index contributed by atoms with van der Waals surface area (Å²) in [5, 5.41) is 7.50. The maximum Gasteiger partial charge on any atom is 0.227 e. The van der Waals surface area contributed by atoms with E-state index in [1.54, 1.807) is 0 Å². The third kappa shape index (κ3) is 3.34. The normalized spacial score (nSPS) is 15.6. The number of nitrogens with zero attached hydrogens (tertiary/aromatic N) is 2. The number of aromatic nitrogens is 2. The van der Waals surface area contributed by atoms with E-state index >= 15 is 0 Å². The Hall–Kier alpha value is -2.50. The van der Waals surface area contributed by atoms with Gasteiger partial charge in [0, 0.05) is 18.3 Å². The van der Waals surface area contributed by atoms with Crippen LogP contribution in [0.4, 0.5) is 0 Å². The van der Waals surface area contributed by atoms with Crippen LogP contribution in [0.15, 0.2) is 18.2 Å². The number of hydrogen-bond donors (Lipinski definition) is 1. The van der Waals surface area contributed by atoms with Gasteiger partial charge < -0.3 is 14.8 Å². The van der Waals surface area contributed by atoms with Gasteiger partial charge >= 0.3 is 0 Å². The van der Waals surface area contributed by atoms with Gasteiger partial charge in [-0.15, -0.1) is 0 Å². The number of benzene rings is 1. The lowest BCUT2D eigenvalue weighted by molar-refractivity contribution is -0.122. The summed E-state index contributed by atoms with van der Waals surface area (Å²) in [6, 6.07) is 5.67. The highest BCUT2D eigenvalue weighted by molar-refractivity contribution is 5.84. The SMILES string of the molecule is Cc1nn(C)c(C)c1C(C)C(=O)NC(C)c1ccc2c(c1)OCCO2. The molecule has 0 spiro atoms. The highest BCUT2D eigenvalue weighted by Crippen LogP contribution is 2.33. The number of aryl methyl sites for hydroxylation is 2. The van der Waals surface area contributed by atoms with Gasteiger partial charge in [-0.3, -0.25) is 9.48 Å². The topological polar surface area (TPSA) is 65.4 Å². The van der Waals surface area contributed by atoms with Crippen molar-refractivity contribution in [3.63, 3.8) is 0 Å². The molecule has 0 saturated carbocycles. The summed E-state index contributed by atoms with van der Waals surface area (Å²) >= 11 is 0. The Morgan fingerprint density at radius 3 is 2.52 bits per heavy atom. The van der Waals surface area contributed by atoms with Crippen LogP contribution in [0.1, 0.15) is 48.3 Å². The van der Waals surface area contributed by atoms with Crippen LogP contribution < -0.4 is 14.8 Å². The van der Waals surface area contributed by atoms with E-state index in [-0.39, 0.29) is 17.9 Å². The van der Waals surface area contributed by atoms with Gasteiger partial charge in [-0.2, -0.15) is 5.10 Å². The fourth-order valence-electron chi connectivity index (χ4n) is 3.30. The Balaban J connectivity index is 1.74. The molecule has 0 aliphatic carbocycles. The number of hydrogen-bond acceptors (Lipinski definition) is 4. The molecule has 1 amide bonds. The number of fused-ring (bicyclic) bond motifs is 1. The molecule has 1 aliphatic heterocycles. The smallest absolute Gasteiger partial charge is 0.227 e. The van der Waals surface area contributed by atoms with Crippen molar-refractivity contribution in [2.75, 3.05) is 13.2 Å². The first-order valence-electron chi connectivity index (χ1n) is 8.58. The third-order valence-electron chi connectivity index (χ3n) is 4.82. The van der Waals surface area contributed by atoms with E-state index < -0.39 is 0 Å². The minimum atomic E-state index is -0.256. The standard InChI is InChI=1S/C19H25N3O3/c1-11(18-13(3)21-22(5)14(18)4)19(23)20-12(2)15-6-7-16-17(10-15)25-9-8-24-16/h6-7,10-12H,8-9H2,1-5H3,(H,20,23). The van der Waals surface area contributed by atoms with Crippen LogP contribution in [-0.4, -0.2) is 28.9 Å². The van der Waals surface area contributed by atoms with E-state index in [9.17, 15) is 4.79 Å². The zero-order valence-corrected chi connectivity index (χ0v) is 15.4. The molecule has 0 fully saturated rings. The van der Waals surface area contributed by atoms with Gasteiger partial charge in [0.25, 0.3) is 0 Å². The van der Waals surface area contributed by atoms with Crippen LogP contribution in [0.2, 0.25) is 0 Å². The summed E-state index contributed by atoms with van der Waals surface area (Å²) in [4.78, 5) is 12.7. The quantitative estimate of drug-likeness (QED) is 0.927. The number of nitrogens with one attached hydrogen (secondary N) is 1. The molecular formula is C19H25N3O3. The Labute approximate surface area is 148 Å². The number of ether oxygens (including phenoxy) is 2. The maximum atomic E-state index is 12.7. The van der Waals surface area contributed by atoms with Crippen molar-refractivity contribution >= 4 is 5.91 Å². The lowest BCUT2D eigenvalue weighted by Gasteiger charge is -2.22. The maximum absolute atomic E-state index is 12.7. The first kappa shape index (κ1) is 17.3. The molecular weight excluding hydrogens is 318 g/mol. The molecule has 1 aliphatic rings. The summed E-state index contributed by atoms with van der Waals surface area (Å²) in [5.74, 6) is 1.22. The van der Waals surface area contributed by atoms with E-state index in [4.69, 9.17) is 9.47 Å². The van der Waals surface area contributed by atoms with Gasteiger partial charge in [-0.1, -0.05) is 6.07 Å². The molecule has 0 bridgehead atoms. The van der Waals surface area contributed by atoms with Crippen LogP contribution >= 0.6 is 0 Å². The van der Waals surface area contributed by atoms with Crippen molar-refractivity contribution in [3.8, 4) is 11.5 Å². The van der Waals surface area contributed by atoms with Crippen LogP contribution in [0.3, 0.4) is 0 Å². The molecule has 2 atom stereocenters. The van der Waals surface area contributed by atoms with Gasteiger partial charge in [-0.25, -0.2) is 0 Å². The van der Waals surface area contributed by atoms with Crippen LogP contribution in [0.25, 0.3) is 0 Å². The molecule has 6 heteroatoms. The predicted molar refractivity (Wildman–Crippen MR) is 95.1 cm³/mol. The zero-order valence-electron chi connectivity index (χ0n) is 15.4. The highest BCUT2D eigenvalue weighted by atomic mass is 16.6. The van der Waals surface area contributed by atoms with Gasteiger partial charge in [0.1, 0.15) is 13.2 Å². The molecule has 134 valence electrons. The van der Waals surface area contributed by atoms with Crippen LogP contribution in [-0.2, 0) is 11.8 Å². The van der Waals surface area contributed by atoms with E-state index in [1.165, 1.54) is 0 Å². The molecule has 0 saturated heterocycles. The van der Waals surface area contributed by atoms with Crippen molar-refractivity contribution in [2.45, 2.75) is 39.7 Å². The number of carbonyl (C=O) groups is 1.